The standard InChI is InChI=1S/C10H16N4O4/c1-5(8(11)10(17)18)13-2-6(9(15)16)7-3-12-4-14-7/h3-6,8,13H,2,11H2,1H3,(H,12,14)(H,15,16)(H,17,18)/t5-,6?,8+/m1/s1. The molecule has 1 rings (SSSR count). The molecule has 0 fully saturated rings. The topological polar surface area (TPSA) is 141 Å². The molecular weight excluding hydrogens is 240 g/mol. The highest BCUT2D eigenvalue weighted by molar-refractivity contribution is 5.76. The van der Waals surface area contributed by atoms with Crippen LogP contribution in [0, 0.1) is 0 Å². The molecule has 0 saturated carbocycles. The van der Waals surface area contributed by atoms with Crippen LogP contribution >= 0.6 is 0 Å². The quantitative estimate of drug-likeness (QED) is 0.420. The zero-order chi connectivity index (χ0) is 13.7. The Balaban J connectivity index is 2.59. The van der Waals surface area contributed by atoms with Gasteiger partial charge in [0.15, 0.2) is 0 Å². The Hall–Kier alpha value is -1.93. The Morgan fingerprint density at radius 3 is 2.61 bits per heavy atom. The predicted octanol–water partition coefficient (Wildman–Crippen LogP) is -1.03. The number of nitrogens with zero attached hydrogens (tertiary/aromatic N) is 1. The summed E-state index contributed by atoms with van der Waals surface area (Å²) in [5.74, 6) is -3.02. The smallest absolute Gasteiger partial charge is 0.322 e. The highest BCUT2D eigenvalue weighted by Crippen LogP contribution is 2.11. The molecule has 0 saturated heterocycles. The number of hydrogen-bond acceptors (Lipinski definition) is 5. The van der Waals surface area contributed by atoms with Gasteiger partial charge in [0.05, 0.1) is 12.0 Å². The van der Waals surface area contributed by atoms with Crippen LogP contribution in [0.4, 0.5) is 0 Å². The first kappa shape index (κ1) is 14.1. The zero-order valence-corrected chi connectivity index (χ0v) is 9.83. The van der Waals surface area contributed by atoms with Crippen LogP contribution in [-0.2, 0) is 9.59 Å². The van der Waals surface area contributed by atoms with Crippen molar-refractivity contribution in [2.45, 2.75) is 24.9 Å². The Morgan fingerprint density at radius 2 is 2.17 bits per heavy atom. The summed E-state index contributed by atoms with van der Waals surface area (Å²) in [6, 6.07) is -1.62. The minimum absolute atomic E-state index is 0.0579. The molecule has 0 spiro atoms. The second-order valence-electron chi connectivity index (χ2n) is 3.95. The Bertz CT molecular complexity index is 406. The molecule has 0 aromatic carbocycles. The van der Waals surface area contributed by atoms with Gasteiger partial charge in [0, 0.05) is 18.8 Å². The van der Waals surface area contributed by atoms with E-state index in [1.807, 2.05) is 0 Å². The van der Waals surface area contributed by atoms with Crippen molar-refractivity contribution in [1.29, 1.82) is 0 Å². The van der Waals surface area contributed by atoms with Gasteiger partial charge in [0.2, 0.25) is 0 Å². The average Bonchev–Trinajstić information content (AvgIpc) is 2.81. The van der Waals surface area contributed by atoms with Gasteiger partial charge in [-0.25, -0.2) is 4.98 Å². The van der Waals surface area contributed by atoms with Crippen LogP contribution in [0.5, 0.6) is 0 Å². The van der Waals surface area contributed by atoms with Crippen molar-refractivity contribution in [1.82, 2.24) is 15.3 Å². The Kier molecular flexibility index (Phi) is 4.81. The monoisotopic (exact) mass is 256 g/mol. The fourth-order valence-electron chi connectivity index (χ4n) is 1.43. The second kappa shape index (κ2) is 6.12. The number of aromatic amines is 1. The van der Waals surface area contributed by atoms with E-state index in [9.17, 15) is 9.59 Å². The number of carboxylic acid groups (broad SMARTS) is 2. The summed E-state index contributed by atoms with van der Waals surface area (Å²) in [6.45, 7) is 1.64. The van der Waals surface area contributed by atoms with E-state index in [-0.39, 0.29) is 6.54 Å². The average molecular weight is 256 g/mol. The van der Waals surface area contributed by atoms with Gasteiger partial charge in [-0.05, 0) is 6.92 Å². The fourth-order valence-corrected chi connectivity index (χ4v) is 1.43. The summed E-state index contributed by atoms with van der Waals surface area (Å²) in [5.41, 5.74) is 5.79. The summed E-state index contributed by atoms with van der Waals surface area (Å²) < 4.78 is 0. The van der Waals surface area contributed by atoms with Crippen LogP contribution in [-0.4, -0.2) is 50.7 Å². The number of aromatic nitrogens is 2. The number of carboxylic acids is 2. The van der Waals surface area contributed by atoms with E-state index in [4.69, 9.17) is 15.9 Å². The highest BCUT2D eigenvalue weighted by Gasteiger charge is 2.25. The number of carbonyl (C=O) groups is 2. The maximum Gasteiger partial charge on any atom is 0.322 e. The fraction of sp³-hybridized carbons (Fsp3) is 0.500. The van der Waals surface area contributed by atoms with Gasteiger partial charge in [-0.15, -0.1) is 0 Å². The largest absolute Gasteiger partial charge is 0.481 e. The van der Waals surface area contributed by atoms with Crippen molar-refractivity contribution in [3.8, 4) is 0 Å². The van der Waals surface area contributed by atoms with Crippen molar-refractivity contribution in [3.05, 3.63) is 18.2 Å². The molecule has 18 heavy (non-hydrogen) atoms. The van der Waals surface area contributed by atoms with E-state index in [0.29, 0.717) is 5.69 Å². The first-order chi connectivity index (χ1) is 8.43. The molecule has 0 aliphatic rings. The molecule has 0 radical (unpaired) electrons. The molecule has 0 aliphatic carbocycles. The molecule has 6 N–H and O–H groups in total. The number of hydrogen-bond donors (Lipinski definition) is 5. The summed E-state index contributed by atoms with van der Waals surface area (Å²) in [4.78, 5) is 28.3. The Labute approximate surface area is 103 Å². The van der Waals surface area contributed by atoms with Crippen molar-refractivity contribution < 1.29 is 19.8 Å². The predicted molar refractivity (Wildman–Crippen MR) is 62.0 cm³/mol. The van der Waals surface area contributed by atoms with Gasteiger partial charge in [-0.2, -0.15) is 0 Å². The van der Waals surface area contributed by atoms with E-state index in [2.05, 4.69) is 15.3 Å². The number of rotatable bonds is 7. The zero-order valence-electron chi connectivity index (χ0n) is 9.83. The third-order valence-corrected chi connectivity index (χ3v) is 2.64. The van der Waals surface area contributed by atoms with Crippen LogP contribution in [0.3, 0.4) is 0 Å². The lowest BCUT2D eigenvalue weighted by Gasteiger charge is -2.19. The number of aliphatic carboxylic acids is 2. The van der Waals surface area contributed by atoms with Crippen LogP contribution in [0.15, 0.2) is 12.5 Å². The van der Waals surface area contributed by atoms with E-state index < -0.39 is 29.9 Å². The van der Waals surface area contributed by atoms with Crippen molar-refractivity contribution in [2.24, 2.45) is 5.73 Å². The van der Waals surface area contributed by atoms with E-state index in [1.54, 1.807) is 6.92 Å². The molecule has 1 aromatic rings. The van der Waals surface area contributed by atoms with E-state index >= 15 is 0 Å². The van der Waals surface area contributed by atoms with Crippen LogP contribution in [0.25, 0.3) is 0 Å². The third-order valence-electron chi connectivity index (χ3n) is 2.64. The molecule has 1 heterocycles. The lowest BCUT2D eigenvalue weighted by Crippen LogP contribution is -2.49. The molecule has 8 nitrogen and oxygen atoms in total. The number of H-pyrrole nitrogens is 1. The molecule has 1 aromatic heterocycles. The minimum Gasteiger partial charge on any atom is -0.481 e. The molecule has 100 valence electrons. The molecule has 8 heteroatoms. The highest BCUT2D eigenvalue weighted by atomic mass is 16.4. The summed E-state index contributed by atoms with van der Waals surface area (Å²) in [5, 5.41) is 20.6. The van der Waals surface area contributed by atoms with Crippen LogP contribution < -0.4 is 11.1 Å². The molecule has 3 atom stereocenters. The third kappa shape index (κ3) is 3.54. The van der Waals surface area contributed by atoms with Gasteiger partial charge >= 0.3 is 11.9 Å². The van der Waals surface area contributed by atoms with E-state index in [0.717, 1.165) is 0 Å². The maximum absolute atomic E-state index is 11.1. The van der Waals surface area contributed by atoms with Crippen LogP contribution in [0.2, 0.25) is 0 Å². The summed E-state index contributed by atoms with van der Waals surface area (Å²) in [6.07, 6.45) is 2.87. The van der Waals surface area contributed by atoms with E-state index in [1.165, 1.54) is 12.5 Å². The van der Waals surface area contributed by atoms with Gasteiger partial charge in [0.25, 0.3) is 0 Å². The molecule has 0 amide bonds. The molecular formula is C10H16N4O4. The normalized spacial score (nSPS) is 15.9. The van der Waals surface area contributed by atoms with Crippen LogP contribution in [0.1, 0.15) is 18.5 Å². The molecule has 0 aliphatic heterocycles. The lowest BCUT2D eigenvalue weighted by atomic mass is 10.1. The molecule has 1 unspecified atom stereocenters. The van der Waals surface area contributed by atoms with Crippen molar-refractivity contribution in [2.75, 3.05) is 6.54 Å². The first-order valence-electron chi connectivity index (χ1n) is 5.36. The van der Waals surface area contributed by atoms with Crippen molar-refractivity contribution in [3.63, 3.8) is 0 Å². The minimum atomic E-state index is -1.14. The van der Waals surface area contributed by atoms with Gasteiger partial charge in [-0.3, -0.25) is 9.59 Å². The number of nitrogens with one attached hydrogen (secondary N) is 2. The SMILES string of the molecule is C[C@@H](NCC(C(=O)O)c1c[nH]cn1)[C@H](N)C(=O)O. The summed E-state index contributed by atoms with van der Waals surface area (Å²) >= 11 is 0. The summed E-state index contributed by atoms with van der Waals surface area (Å²) in [7, 11) is 0. The van der Waals surface area contributed by atoms with Crippen molar-refractivity contribution >= 4 is 11.9 Å². The number of imidazole rings is 1. The first-order valence-corrected chi connectivity index (χ1v) is 5.36. The molecule has 0 bridgehead atoms. The lowest BCUT2D eigenvalue weighted by molar-refractivity contribution is -0.139. The van der Waals surface area contributed by atoms with Gasteiger partial charge in [0.1, 0.15) is 12.0 Å². The van der Waals surface area contributed by atoms with Gasteiger partial charge in [-0.1, -0.05) is 0 Å². The Morgan fingerprint density at radius 1 is 1.50 bits per heavy atom. The second-order valence-corrected chi connectivity index (χ2v) is 3.95. The van der Waals surface area contributed by atoms with Gasteiger partial charge < -0.3 is 26.2 Å². The number of nitrogens with two attached hydrogens (primary N) is 1. The maximum atomic E-state index is 11.1.